The molecule has 0 radical (unpaired) electrons. The Balaban J connectivity index is 1.23. The Hall–Kier alpha value is -4.21. The summed E-state index contributed by atoms with van der Waals surface area (Å²) >= 11 is 0. The lowest BCUT2D eigenvalue weighted by atomic mass is 10.2. The first-order valence-corrected chi connectivity index (χ1v) is 9.30. The highest BCUT2D eigenvalue weighted by Gasteiger charge is 2.21. The zero-order valence-electron chi connectivity index (χ0n) is 15.8. The molecule has 2 aromatic carbocycles. The van der Waals surface area contributed by atoms with Crippen LogP contribution in [-0.4, -0.2) is 48.6 Å². The Morgan fingerprint density at radius 3 is 2.93 bits per heavy atom. The van der Waals surface area contributed by atoms with Gasteiger partial charge in [0.05, 0.1) is 24.1 Å². The number of nitrogens with one attached hydrogen (secondary N) is 1. The van der Waals surface area contributed by atoms with Crippen molar-refractivity contribution in [3.05, 3.63) is 72.8 Å². The second-order valence-electron chi connectivity index (χ2n) is 6.71. The van der Waals surface area contributed by atoms with Crippen LogP contribution in [0.25, 0.3) is 5.69 Å². The van der Waals surface area contributed by atoms with Gasteiger partial charge < -0.3 is 14.8 Å². The maximum atomic E-state index is 12.6. The van der Waals surface area contributed by atoms with Crippen molar-refractivity contribution in [2.45, 2.75) is 12.6 Å². The number of ether oxygens (including phenoxy) is 2. The number of rotatable bonds is 5. The Labute approximate surface area is 171 Å². The van der Waals surface area contributed by atoms with Gasteiger partial charge in [-0.2, -0.15) is 5.10 Å². The number of amides is 1. The van der Waals surface area contributed by atoms with Gasteiger partial charge in [0, 0.05) is 11.8 Å². The molecule has 30 heavy (non-hydrogen) atoms. The molecule has 2 aromatic heterocycles. The summed E-state index contributed by atoms with van der Waals surface area (Å²) < 4.78 is 14.9. The maximum Gasteiger partial charge on any atom is 0.255 e. The molecule has 0 aliphatic carbocycles. The minimum atomic E-state index is -0.254. The minimum Gasteiger partial charge on any atom is -0.486 e. The second kappa shape index (κ2) is 7.66. The van der Waals surface area contributed by atoms with E-state index >= 15 is 0 Å². The lowest BCUT2D eigenvalue weighted by molar-refractivity contribution is 0.0759. The van der Waals surface area contributed by atoms with Gasteiger partial charge >= 0.3 is 0 Å². The van der Waals surface area contributed by atoms with E-state index < -0.39 is 0 Å². The van der Waals surface area contributed by atoms with Gasteiger partial charge in [0.15, 0.2) is 17.6 Å². The van der Waals surface area contributed by atoms with Gasteiger partial charge in [0.2, 0.25) is 0 Å². The first-order chi connectivity index (χ1) is 14.7. The molecule has 0 bridgehead atoms. The maximum absolute atomic E-state index is 12.6. The van der Waals surface area contributed by atoms with Crippen molar-refractivity contribution in [1.29, 1.82) is 0 Å². The van der Waals surface area contributed by atoms with Crippen molar-refractivity contribution in [3.63, 3.8) is 0 Å². The van der Waals surface area contributed by atoms with E-state index in [2.05, 4.69) is 25.9 Å². The van der Waals surface area contributed by atoms with E-state index in [0.717, 1.165) is 11.5 Å². The van der Waals surface area contributed by atoms with Crippen LogP contribution in [0.1, 0.15) is 10.4 Å². The highest BCUT2D eigenvalue weighted by molar-refractivity contribution is 6.04. The summed E-state index contributed by atoms with van der Waals surface area (Å²) in [6.07, 6.45) is 4.65. The van der Waals surface area contributed by atoms with E-state index in [1.807, 2.05) is 30.3 Å². The molecule has 0 saturated carbocycles. The summed E-state index contributed by atoms with van der Waals surface area (Å²) in [5.41, 5.74) is 1.76. The molecule has 150 valence electrons. The number of carbonyl (C=O) groups is 1. The predicted octanol–water partition coefficient (Wildman–Crippen LogP) is 1.95. The number of nitrogens with zero attached hydrogens (tertiary/aromatic N) is 6. The average Bonchev–Trinajstić information content (AvgIpc) is 3.46. The summed E-state index contributed by atoms with van der Waals surface area (Å²) in [6, 6.07) is 14.6. The van der Waals surface area contributed by atoms with Crippen molar-refractivity contribution < 1.29 is 14.3 Å². The van der Waals surface area contributed by atoms with Gasteiger partial charge in [-0.05, 0) is 40.8 Å². The van der Waals surface area contributed by atoms with E-state index in [9.17, 15) is 4.79 Å². The fourth-order valence-corrected chi connectivity index (χ4v) is 3.16. The zero-order valence-corrected chi connectivity index (χ0v) is 15.8. The Morgan fingerprint density at radius 1 is 1.17 bits per heavy atom. The quantitative estimate of drug-likeness (QED) is 0.542. The molecule has 1 aliphatic heterocycles. The smallest absolute Gasteiger partial charge is 0.255 e. The minimum absolute atomic E-state index is 0.170. The lowest BCUT2D eigenvalue weighted by Gasteiger charge is -2.26. The molecule has 0 fully saturated rings. The summed E-state index contributed by atoms with van der Waals surface area (Å²) in [6.45, 7) is 0.932. The molecule has 3 heterocycles. The normalized spacial score (nSPS) is 15.0. The van der Waals surface area contributed by atoms with E-state index in [1.165, 1.54) is 11.0 Å². The first kappa shape index (κ1) is 17.9. The van der Waals surface area contributed by atoms with Crippen LogP contribution >= 0.6 is 0 Å². The third kappa shape index (κ3) is 3.70. The Kier molecular flexibility index (Phi) is 4.56. The molecule has 0 unspecified atom stereocenters. The summed E-state index contributed by atoms with van der Waals surface area (Å²) in [5, 5.41) is 18.2. The van der Waals surface area contributed by atoms with Crippen LogP contribution in [0.2, 0.25) is 0 Å². The molecule has 10 heteroatoms. The van der Waals surface area contributed by atoms with Crippen LogP contribution in [0.4, 0.5) is 5.69 Å². The molecule has 1 aliphatic rings. The molecule has 1 N–H and O–H groups in total. The highest BCUT2D eigenvalue weighted by atomic mass is 16.6. The largest absolute Gasteiger partial charge is 0.486 e. The van der Waals surface area contributed by atoms with Crippen LogP contribution < -0.4 is 14.8 Å². The summed E-state index contributed by atoms with van der Waals surface area (Å²) in [4.78, 5) is 12.6. The van der Waals surface area contributed by atoms with Gasteiger partial charge in [-0.3, -0.25) is 9.48 Å². The number of hydrogen-bond donors (Lipinski definition) is 1. The Morgan fingerprint density at radius 2 is 2.07 bits per heavy atom. The number of carbonyl (C=O) groups excluding carboxylic acids is 1. The SMILES string of the molecule is O=C(Nc1cnn(C[C@H]2COc3ccccc3O2)c1)c1cccc(-n2cnnn2)c1. The van der Waals surface area contributed by atoms with Crippen molar-refractivity contribution in [2.75, 3.05) is 11.9 Å². The van der Waals surface area contributed by atoms with Crippen LogP contribution in [0.3, 0.4) is 0 Å². The van der Waals surface area contributed by atoms with Crippen LogP contribution in [0.15, 0.2) is 67.3 Å². The van der Waals surface area contributed by atoms with E-state index in [1.54, 1.807) is 35.3 Å². The van der Waals surface area contributed by atoms with E-state index in [4.69, 9.17) is 9.47 Å². The van der Waals surface area contributed by atoms with Gasteiger partial charge in [-0.15, -0.1) is 5.10 Å². The summed E-state index contributed by atoms with van der Waals surface area (Å²) in [5.74, 6) is 1.21. The van der Waals surface area contributed by atoms with Crippen LogP contribution in [0.5, 0.6) is 11.5 Å². The van der Waals surface area contributed by atoms with E-state index in [0.29, 0.717) is 30.1 Å². The lowest BCUT2D eigenvalue weighted by Crippen LogP contribution is -2.33. The van der Waals surface area contributed by atoms with Crippen molar-refractivity contribution in [2.24, 2.45) is 0 Å². The van der Waals surface area contributed by atoms with Gasteiger partial charge in [-0.1, -0.05) is 18.2 Å². The molecular formula is C20H17N7O3. The Bertz CT molecular complexity index is 1170. The fraction of sp³-hybridized carbons (Fsp3) is 0.150. The van der Waals surface area contributed by atoms with Crippen molar-refractivity contribution in [1.82, 2.24) is 30.0 Å². The molecule has 0 spiro atoms. The fourth-order valence-electron chi connectivity index (χ4n) is 3.16. The number of aromatic nitrogens is 6. The average molecular weight is 403 g/mol. The van der Waals surface area contributed by atoms with Crippen LogP contribution in [0, 0.1) is 0 Å². The molecule has 10 nitrogen and oxygen atoms in total. The first-order valence-electron chi connectivity index (χ1n) is 9.30. The number of para-hydroxylation sites is 2. The second-order valence-corrected chi connectivity index (χ2v) is 6.71. The highest BCUT2D eigenvalue weighted by Crippen LogP contribution is 2.31. The molecule has 5 rings (SSSR count). The third-order valence-corrected chi connectivity index (χ3v) is 4.57. The number of tetrazole rings is 1. The van der Waals surface area contributed by atoms with Gasteiger partial charge in [-0.25, -0.2) is 4.68 Å². The number of fused-ring (bicyclic) bond motifs is 1. The van der Waals surface area contributed by atoms with E-state index in [-0.39, 0.29) is 12.0 Å². The molecule has 1 atom stereocenters. The molecule has 0 saturated heterocycles. The third-order valence-electron chi connectivity index (χ3n) is 4.57. The summed E-state index contributed by atoms with van der Waals surface area (Å²) in [7, 11) is 0. The standard InChI is InChI=1S/C20H17N7O3/c28-20(14-4-3-5-16(8-14)27-13-21-24-25-27)23-15-9-22-26(10-15)11-17-12-29-18-6-1-2-7-19(18)30-17/h1-10,13,17H,11-12H2,(H,23,28)/t17-/m0/s1. The monoisotopic (exact) mass is 403 g/mol. The number of hydrogen-bond acceptors (Lipinski definition) is 7. The number of benzene rings is 2. The zero-order chi connectivity index (χ0) is 20.3. The molecular weight excluding hydrogens is 386 g/mol. The van der Waals surface area contributed by atoms with Crippen molar-refractivity contribution >= 4 is 11.6 Å². The molecule has 1 amide bonds. The topological polar surface area (TPSA) is 109 Å². The molecule has 4 aromatic rings. The number of anilines is 1. The predicted molar refractivity (Wildman–Crippen MR) is 106 cm³/mol. The van der Waals surface area contributed by atoms with Gasteiger partial charge in [0.25, 0.3) is 5.91 Å². The van der Waals surface area contributed by atoms with Gasteiger partial charge in [0.1, 0.15) is 12.9 Å². The van der Waals surface area contributed by atoms with Crippen molar-refractivity contribution in [3.8, 4) is 17.2 Å². The van der Waals surface area contributed by atoms with Crippen LogP contribution in [-0.2, 0) is 6.54 Å².